The standard InChI is InChI=1S/C21H29N7O/c29-20(27-11-2-1-3-12-27)18-6-4-7-22-19(18)23-10-13-26-14-16-28(17-15-26)21-24-8-5-9-25-21/h4-9H,1-3,10-17H2,(H,22,23). The van der Waals surface area contributed by atoms with Crippen LogP contribution in [0.2, 0.25) is 0 Å². The number of nitrogens with zero attached hydrogens (tertiary/aromatic N) is 6. The van der Waals surface area contributed by atoms with E-state index in [0.717, 1.165) is 71.1 Å². The normalized spacial score (nSPS) is 17.9. The molecule has 1 N–H and O–H groups in total. The molecule has 0 aliphatic carbocycles. The summed E-state index contributed by atoms with van der Waals surface area (Å²) < 4.78 is 0. The fourth-order valence-electron chi connectivity index (χ4n) is 3.94. The number of amides is 1. The zero-order chi connectivity index (χ0) is 19.9. The van der Waals surface area contributed by atoms with Gasteiger partial charge in [-0.2, -0.15) is 0 Å². The molecule has 2 aliphatic rings. The van der Waals surface area contributed by atoms with E-state index < -0.39 is 0 Å². The van der Waals surface area contributed by atoms with E-state index in [-0.39, 0.29) is 5.91 Å². The summed E-state index contributed by atoms with van der Waals surface area (Å²) in [5.41, 5.74) is 0.681. The molecule has 0 unspecified atom stereocenters. The van der Waals surface area contributed by atoms with E-state index in [1.807, 2.05) is 23.1 Å². The number of piperazine rings is 1. The van der Waals surface area contributed by atoms with Crippen molar-refractivity contribution >= 4 is 17.7 Å². The van der Waals surface area contributed by atoms with Crippen molar-refractivity contribution in [3.8, 4) is 0 Å². The van der Waals surface area contributed by atoms with Gasteiger partial charge in [-0.05, 0) is 37.5 Å². The summed E-state index contributed by atoms with van der Waals surface area (Å²) in [7, 11) is 0. The van der Waals surface area contributed by atoms with E-state index in [1.165, 1.54) is 6.42 Å². The van der Waals surface area contributed by atoms with Crippen LogP contribution in [-0.4, -0.2) is 83.0 Å². The van der Waals surface area contributed by atoms with E-state index >= 15 is 0 Å². The van der Waals surface area contributed by atoms with E-state index in [0.29, 0.717) is 11.4 Å². The first-order valence-electron chi connectivity index (χ1n) is 10.5. The molecule has 0 aromatic carbocycles. The summed E-state index contributed by atoms with van der Waals surface area (Å²) in [6.45, 7) is 7.17. The van der Waals surface area contributed by atoms with Crippen LogP contribution in [0.15, 0.2) is 36.8 Å². The van der Waals surface area contributed by atoms with Crippen LogP contribution in [0.3, 0.4) is 0 Å². The van der Waals surface area contributed by atoms with Gasteiger partial charge >= 0.3 is 0 Å². The monoisotopic (exact) mass is 395 g/mol. The topological polar surface area (TPSA) is 77.5 Å². The molecule has 0 spiro atoms. The molecule has 2 fully saturated rings. The molecule has 0 radical (unpaired) electrons. The van der Waals surface area contributed by atoms with Crippen LogP contribution in [0, 0.1) is 0 Å². The van der Waals surface area contributed by atoms with Gasteiger partial charge in [0.25, 0.3) is 5.91 Å². The number of rotatable bonds is 6. The van der Waals surface area contributed by atoms with E-state index in [2.05, 4.69) is 30.1 Å². The molecule has 2 aliphatic heterocycles. The van der Waals surface area contributed by atoms with E-state index in [9.17, 15) is 4.79 Å². The van der Waals surface area contributed by atoms with Gasteiger partial charge in [0.1, 0.15) is 5.82 Å². The SMILES string of the molecule is O=C(c1cccnc1NCCN1CCN(c2ncccn2)CC1)N1CCCCC1. The average Bonchev–Trinajstić information content (AvgIpc) is 2.80. The number of pyridine rings is 1. The van der Waals surface area contributed by atoms with Gasteiger partial charge in [0, 0.05) is 70.9 Å². The summed E-state index contributed by atoms with van der Waals surface area (Å²) in [5.74, 6) is 1.59. The molecule has 29 heavy (non-hydrogen) atoms. The van der Waals surface area contributed by atoms with Crippen molar-refractivity contribution in [2.24, 2.45) is 0 Å². The number of carbonyl (C=O) groups excluding carboxylic acids is 1. The van der Waals surface area contributed by atoms with Gasteiger partial charge in [-0.15, -0.1) is 0 Å². The van der Waals surface area contributed by atoms with Gasteiger partial charge in [0.05, 0.1) is 5.56 Å². The Morgan fingerprint density at radius 3 is 2.38 bits per heavy atom. The van der Waals surface area contributed by atoms with E-state index in [1.54, 1.807) is 18.6 Å². The number of hydrogen-bond acceptors (Lipinski definition) is 7. The predicted octanol–water partition coefficient (Wildman–Crippen LogP) is 1.73. The molecule has 4 rings (SSSR count). The van der Waals surface area contributed by atoms with Gasteiger partial charge in [-0.3, -0.25) is 9.69 Å². The highest BCUT2D eigenvalue weighted by molar-refractivity contribution is 5.98. The summed E-state index contributed by atoms with van der Waals surface area (Å²) >= 11 is 0. The van der Waals surface area contributed by atoms with Crippen LogP contribution < -0.4 is 10.2 Å². The molecule has 8 heteroatoms. The molecule has 0 bridgehead atoms. The van der Waals surface area contributed by atoms with Gasteiger partial charge in [-0.1, -0.05) is 0 Å². The Morgan fingerprint density at radius 1 is 0.897 bits per heavy atom. The zero-order valence-corrected chi connectivity index (χ0v) is 16.8. The predicted molar refractivity (Wildman–Crippen MR) is 113 cm³/mol. The number of likely N-dealkylation sites (tertiary alicyclic amines) is 1. The maximum absolute atomic E-state index is 12.9. The maximum Gasteiger partial charge on any atom is 0.257 e. The van der Waals surface area contributed by atoms with Crippen molar-refractivity contribution in [1.29, 1.82) is 0 Å². The van der Waals surface area contributed by atoms with Crippen LogP contribution in [-0.2, 0) is 0 Å². The third kappa shape index (κ3) is 5.00. The lowest BCUT2D eigenvalue weighted by molar-refractivity contribution is 0.0725. The van der Waals surface area contributed by atoms with Crippen molar-refractivity contribution in [3.05, 3.63) is 42.4 Å². The van der Waals surface area contributed by atoms with Gasteiger partial charge in [0.15, 0.2) is 0 Å². The number of piperidine rings is 1. The molecule has 0 atom stereocenters. The molecule has 4 heterocycles. The molecule has 2 saturated heterocycles. The Balaban J connectivity index is 1.26. The Hall–Kier alpha value is -2.74. The highest BCUT2D eigenvalue weighted by atomic mass is 16.2. The maximum atomic E-state index is 12.9. The molecule has 2 aromatic rings. The summed E-state index contributed by atoms with van der Waals surface area (Å²) in [4.78, 5) is 32.6. The third-order valence-electron chi connectivity index (χ3n) is 5.61. The second kappa shape index (κ2) is 9.65. The highest BCUT2D eigenvalue weighted by Gasteiger charge is 2.22. The van der Waals surface area contributed by atoms with Crippen molar-refractivity contribution in [3.63, 3.8) is 0 Å². The van der Waals surface area contributed by atoms with Crippen molar-refractivity contribution in [2.45, 2.75) is 19.3 Å². The summed E-state index contributed by atoms with van der Waals surface area (Å²) in [6, 6.07) is 5.56. The van der Waals surface area contributed by atoms with Crippen LogP contribution in [0.25, 0.3) is 0 Å². The quantitative estimate of drug-likeness (QED) is 0.798. The molecule has 154 valence electrons. The smallest absolute Gasteiger partial charge is 0.257 e. The fourth-order valence-corrected chi connectivity index (χ4v) is 3.94. The summed E-state index contributed by atoms with van der Waals surface area (Å²) in [6.07, 6.45) is 8.71. The summed E-state index contributed by atoms with van der Waals surface area (Å²) in [5, 5.41) is 3.38. The number of aromatic nitrogens is 3. The Kier molecular flexibility index (Phi) is 6.51. The van der Waals surface area contributed by atoms with Crippen LogP contribution in [0.4, 0.5) is 11.8 Å². The fraction of sp³-hybridized carbons (Fsp3) is 0.524. The lowest BCUT2D eigenvalue weighted by atomic mass is 10.1. The Labute approximate surface area is 172 Å². The molecule has 8 nitrogen and oxygen atoms in total. The van der Waals surface area contributed by atoms with Gasteiger partial charge in [0.2, 0.25) is 5.95 Å². The molecule has 0 saturated carbocycles. The lowest BCUT2D eigenvalue weighted by Crippen LogP contribution is -2.48. The minimum absolute atomic E-state index is 0.0942. The zero-order valence-electron chi connectivity index (χ0n) is 16.8. The number of nitrogens with one attached hydrogen (secondary N) is 1. The first-order valence-corrected chi connectivity index (χ1v) is 10.5. The van der Waals surface area contributed by atoms with Crippen molar-refractivity contribution in [2.75, 3.05) is 62.6 Å². The van der Waals surface area contributed by atoms with Crippen LogP contribution in [0.5, 0.6) is 0 Å². The highest BCUT2D eigenvalue weighted by Crippen LogP contribution is 2.18. The molecular weight excluding hydrogens is 366 g/mol. The largest absolute Gasteiger partial charge is 0.368 e. The Bertz CT molecular complexity index is 787. The van der Waals surface area contributed by atoms with Crippen LogP contribution >= 0.6 is 0 Å². The van der Waals surface area contributed by atoms with Gasteiger partial charge < -0.3 is 15.1 Å². The van der Waals surface area contributed by atoms with Gasteiger partial charge in [-0.25, -0.2) is 15.0 Å². The molecule has 1 amide bonds. The minimum atomic E-state index is 0.0942. The van der Waals surface area contributed by atoms with Crippen molar-refractivity contribution in [1.82, 2.24) is 24.8 Å². The average molecular weight is 396 g/mol. The first kappa shape index (κ1) is 19.6. The number of carbonyl (C=O) groups is 1. The molecular formula is C21H29N7O. The minimum Gasteiger partial charge on any atom is -0.368 e. The lowest BCUT2D eigenvalue weighted by Gasteiger charge is -2.34. The van der Waals surface area contributed by atoms with Crippen molar-refractivity contribution < 1.29 is 4.79 Å². The third-order valence-corrected chi connectivity index (χ3v) is 5.61. The number of anilines is 2. The number of hydrogen-bond donors (Lipinski definition) is 1. The van der Waals surface area contributed by atoms with E-state index in [4.69, 9.17) is 0 Å². The van der Waals surface area contributed by atoms with Crippen LogP contribution in [0.1, 0.15) is 29.6 Å². The second-order valence-corrected chi connectivity index (χ2v) is 7.56. The second-order valence-electron chi connectivity index (χ2n) is 7.56. The Morgan fingerprint density at radius 2 is 1.62 bits per heavy atom. The first-order chi connectivity index (χ1) is 14.3. The molecule has 2 aromatic heterocycles.